The maximum absolute atomic E-state index is 5.47. The van der Waals surface area contributed by atoms with Gasteiger partial charge in [-0.15, -0.1) is 0 Å². The lowest BCUT2D eigenvalue weighted by Crippen LogP contribution is -2.06. The summed E-state index contributed by atoms with van der Waals surface area (Å²) in [7, 11) is 3.35. The number of imidazole rings is 1. The van der Waals surface area contributed by atoms with Crippen molar-refractivity contribution in [2.45, 2.75) is 38.0 Å². The first-order chi connectivity index (χ1) is 10.3. The Balaban J connectivity index is 1.95. The van der Waals surface area contributed by atoms with Gasteiger partial charge in [-0.1, -0.05) is 25.3 Å². The molecule has 21 heavy (non-hydrogen) atoms. The van der Waals surface area contributed by atoms with Crippen LogP contribution in [0.2, 0.25) is 0 Å². The fraction of sp³-hybridized carbons (Fsp3) is 0.471. The molecule has 1 aliphatic rings. The largest absolute Gasteiger partial charge is 0.496 e. The van der Waals surface area contributed by atoms with Crippen molar-refractivity contribution in [2.24, 2.45) is 0 Å². The second-order valence-electron chi connectivity index (χ2n) is 5.55. The molecule has 1 heterocycles. The maximum Gasteiger partial charge on any atom is 0.131 e. The molecule has 0 radical (unpaired) electrons. The van der Waals surface area contributed by atoms with Crippen molar-refractivity contribution >= 4 is 0 Å². The van der Waals surface area contributed by atoms with E-state index in [0.717, 1.165) is 28.6 Å². The molecule has 0 atom stereocenters. The third-order valence-corrected chi connectivity index (χ3v) is 4.28. The highest BCUT2D eigenvalue weighted by Gasteiger charge is 2.20. The molecule has 0 aliphatic heterocycles. The van der Waals surface area contributed by atoms with Gasteiger partial charge in [-0.2, -0.15) is 0 Å². The second kappa shape index (κ2) is 6.20. The van der Waals surface area contributed by atoms with Crippen LogP contribution >= 0.6 is 0 Å². The van der Waals surface area contributed by atoms with Gasteiger partial charge in [-0.25, -0.2) is 4.98 Å². The summed E-state index contributed by atoms with van der Waals surface area (Å²) < 4.78 is 10.9. The lowest BCUT2D eigenvalue weighted by atomic mass is 9.89. The van der Waals surface area contributed by atoms with E-state index >= 15 is 0 Å². The van der Waals surface area contributed by atoms with E-state index in [4.69, 9.17) is 9.47 Å². The summed E-state index contributed by atoms with van der Waals surface area (Å²) in [6, 6.07) is 5.82. The SMILES string of the molecule is COc1cccc(OC)c1-c1cnc(C2CCCCC2)[nH]1. The fourth-order valence-corrected chi connectivity index (χ4v) is 3.16. The van der Waals surface area contributed by atoms with Gasteiger partial charge in [0.05, 0.1) is 31.7 Å². The van der Waals surface area contributed by atoms with Crippen LogP contribution in [-0.4, -0.2) is 24.2 Å². The van der Waals surface area contributed by atoms with Gasteiger partial charge >= 0.3 is 0 Å². The van der Waals surface area contributed by atoms with Gasteiger partial charge in [0.15, 0.2) is 0 Å². The van der Waals surface area contributed by atoms with Crippen molar-refractivity contribution in [3.05, 3.63) is 30.2 Å². The topological polar surface area (TPSA) is 47.1 Å². The first kappa shape index (κ1) is 14.0. The number of hydrogen-bond donors (Lipinski definition) is 1. The van der Waals surface area contributed by atoms with Crippen molar-refractivity contribution in [2.75, 3.05) is 14.2 Å². The Morgan fingerprint density at radius 2 is 1.71 bits per heavy atom. The Labute approximate surface area is 125 Å². The van der Waals surface area contributed by atoms with E-state index in [1.807, 2.05) is 24.4 Å². The highest BCUT2D eigenvalue weighted by Crippen LogP contribution is 2.38. The number of hydrogen-bond acceptors (Lipinski definition) is 3. The molecule has 1 fully saturated rings. The van der Waals surface area contributed by atoms with Gasteiger partial charge in [0.25, 0.3) is 0 Å². The predicted octanol–water partition coefficient (Wildman–Crippen LogP) is 4.14. The van der Waals surface area contributed by atoms with Crippen molar-refractivity contribution in [3.63, 3.8) is 0 Å². The van der Waals surface area contributed by atoms with Crippen LogP contribution in [0.15, 0.2) is 24.4 Å². The number of aromatic amines is 1. The van der Waals surface area contributed by atoms with Gasteiger partial charge in [0, 0.05) is 5.92 Å². The number of nitrogens with zero attached hydrogens (tertiary/aromatic N) is 1. The Bertz CT molecular complexity index is 578. The van der Waals surface area contributed by atoms with Gasteiger partial charge in [-0.3, -0.25) is 0 Å². The molecule has 2 aromatic rings. The normalized spacial score (nSPS) is 15.9. The lowest BCUT2D eigenvalue weighted by Gasteiger charge is -2.19. The summed E-state index contributed by atoms with van der Waals surface area (Å²) in [5.74, 6) is 3.26. The summed E-state index contributed by atoms with van der Waals surface area (Å²) >= 11 is 0. The number of methoxy groups -OCH3 is 2. The van der Waals surface area contributed by atoms with Gasteiger partial charge in [0.2, 0.25) is 0 Å². The molecule has 0 saturated heterocycles. The van der Waals surface area contributed by atoms with Gasteiger partial charge in [-0.05, 0) is 25.0 Å². The summed E-state index contributed by atoms with van der Waals surface area (Å²) in [5.41, 5.74) is 1.90. The molecule has 4 heteroatoms. The van der Waals surface area contributed by atoms with E-state index in [1.165, 1.54) is 32.1 Å². The summed E-state index contributed by atoms with van der Waals surface area (Å²) in [5, 5.41) is 0. The Morgan fingerprint density at radius 1 is 1.05 bits per heavy atom. The molecule has 1 saturated carbocycles. The molecule has 112 valence electrons. The molecule has 0 amide bonds. The first-order valence-corrected chi connectivity index (χ1v) is 7.59. The van der Waals surface area contributed by atoms with Gasteiger partial charge < -0.3 is 14.5 Å². The molecule has 3 rings (SSSR count). The predicted molar refractivity (Wildman–Crippen MR) is 83.0 cm³/mol. The molecular weight excluding hydrogens is 264 g/mol. The molecule has 4 nitrogen and oxygen atoms in total. The molecule has 1 aromatic carbocycles. The standard InChI is InChI=1S/C17H22N2O2/c1-20-14-9-6-10-15(21-2)16(14)13-11-18-17(19-13)12-7-4-3-5-8-12/h6,9-12H,3-5,7-8H2,1-2H3,(H,18,19). The van der Waals surface area contributed by atoms with E-state index in [-0.39, 0.29) is 0 Å². The first-order valence-electron chi connectivity index (χ1n) is 7.59. The smallest absolute Gasteiger partial charge is 0.131 e. The van der Waals surface area contributed by atoms with Crippen LogP contribution in [0.4, 0.5) is 0 Å². The van der Waals surface area contributed by atoms with Crippen molar-refractivity contribution in [1.29, 1.82) is 0 Å². The van der Waals surface area contributed by atoms with Crippen LogP contribution in [0.25, 0.3) is 11.3 Å². The van der Waals surface area contributed by atoms with Crippen LogP contribution in [0, 0.1) is 0 Å². The second-order valence-corrected chi connectivity index (χ2v) is 5.55. The van der Waals surface area contributed by atoms with Crippen LogP contribution in [0.1, 0.15) is 43.8 Å². The van der Waals surface area contributed by atoms with Crippen LogP contribution in [0.3, 0.4) is 0 Å². The quantitative estimate of drug-likeness (QED) is 0.918. The molecule has 1 N–H and O–H groups in total. The molecule has 0 unspecified atom stereocenters. The molecule has 0 spiro atoms. The molecule has 1 aliphatic carbocycles. The summed E-state index contributed by atoms with van der Waals surface area (Å²) in [4.78, 5) is 8.08. The third kappa shape index (κ3) is 2.75. The lowest BCUT2D eigenvalue weighted by molar-refractivity contribution is 0.397. The van der Waals surface area contributed by atoms with E-state index in [0.29, 0.717) is 5.92 Å². The number of nitrogens with one attached hydrogen (secondary N) is 1. The number of ether oxygens (including phenoxy) is 2. The number of aromatic nitrogens is 2. The van der Waals surface area contributed by atoms with Crippen molar-refractivity contribution in [3.8, 4) is 22.8 Å². The molecule has 1 aromatic heterocycles. The zero-order chi connectivity index (χ0) is 14.7. The minimum Gasteiger partial charge on any atom is -0.496 e. The monoisotopic (exact) mass is 286 g/mol. The number of rotatable bonds is 4. The van der Waals surface area contributed by atoms with Crippen molar-refractivity contribution < 1.29 is 9.47 Å². The highest BCUT2D eigenvalue weighted by atomic mass is 16.5. The van der Waals surface area contributed by atoms with Crippen molar-refractivity contribution in [1.82, 2.24) is 9.97 Å². The zero-order valence-corrected chi connectivity index (χ0v) is 12.7. The minimum atomic E-state index is 0.563. The Hall–Kier alpha value is -1.97. The number of benzene rings is 1. The maximum atomic E-state index is 5.47. The summed E-state index contributed by atoms with van der Waals surface area (Å²) in [6.45, 7) is 0. The number of H-pyrrole nitrogens is 1. The highest BCUT2D eigenvalue weighted by molar-refractivity contribution is 5.74. The Morgan fingerprint density at radius 3 is 2.33 bits per heavy atom. The van der Waals surface area contributed by atoms with E-state index in [1.54, 1.807) is 14.2 Å². The van der Waals surface area contributed by atoms with E-state index in [9.17, 15) is 0 Å². The van der Waals surface area contributed by atoms with E-state index in [2.05, 4.69) is 9.97 Å². The van der Waals surface area contributed by atoms with E-state index < -0.39 is 0 Å². The summed E-state index contributed by atoms with van der Waals surface area (Å²) in [6.07, 6.45) is 8.32. The van der Waals surface area contributed by atoms with Crippen LogP contribution in [-0.2, 0) is 0 Å². The average molecular weight is 286 g/mol. The van der Waals surface area contributed by atoms with Crippen LogP contribution in [0.5, 0.6) is 11.5 Å². The van der Waals surface area contributed by atoms with Gasteiger partial charge in [0.1, 0.15) is 17.3 Å². The van der Waals surface area contributed by atoms with Crippen LogP contribution < -0.4 is 9.47 Å². The molecular formula is C17H22N2O2. The fourth-order valence-electron chi connectivity index (χ4n) is 3.16. The Kier molecular flexibility index (Phi) is 4.13. The molecule has 0 bridgehead atoms. The zero-order valence-electron chi connectivity index (χ0n) is 12.7. The third-order valence-electron chi connectivity index (χ3n) is 4.28. The average Bonchev–Trinajstić information content (AvgIpc) is 3.04. The minimum absolute atomic E-state index is 0.563.